The van der Waals surface area contributed by atoms with Crippen molar-refractivity contribution in [2.75, 3.05) is 27.8 Å². The minimum atomic E-state index is 0. The molecule has 0 aliphatic rings. The normalized spacial score (nSPS) is 10.6. The van der Waals surface area contributed by atoms with Crippen LogP contribution in [0.15, 0.2) is 23.2 Å². The Labute approximate surface area is 150 Å². The average Bonchev–Trinajstić information content (AvgIpc) is 2.54. The van der Waals surface area contributed by atoms with Gasteiger partial charge in [0.15, 0.2) is 5.96 Å². The topological polar surface area (TPSA) is 54.9 Å². The Bertz CT molecular complexity index is 453. The predicted octanol–water partition coefficient (Wildman–Crippen LogP) is 3.18. The smallest absolute Gasteiger partial charge is 0.191 e. The van der Waals surface area contributed by atoms with E-state index in [4.69, 9.17) is 9.47 Å². The number of nitrogens with zero attached hydrogens (tertiary/aromatic N) is 1. The lowest BCUT2D eigenvalue weighted by Gasteiger charge is -2.14. The van der Waals surface area contributed by atoms with Crippen LogP contribution in [0.3, 0.4) is 0 Å². The molecule has 0 amide bonds. The molecule has 1 aromatic rings. The van der Waals surface area contributed by atoms with Crippen molar-refractivity contribution in [3.8, 4) is 11.5 Å². The van der Waals surface area contributed by atoms with Crippen molar-refractivity contribution in [3.05, 3.63) is 23.8 Å². The van der Waals surface area contributed by atoms with Crippen LogP contribution in [0.25, 0.3) is 0 Å². The maximum atomic E-state index is 5.39. The fraction of sp³-hybridized carbons (Fsp3) is 0.562. The average molecular weight is 421 g/mol. The summed E-state index contributed by atoms with van der Waals surface area (Å²) in [5.41, 5.74) is 1.06. The van der Waals surface area contributed by atoms with Crippen molar-refractivity contribution in [1.82, 2.24) is 10.6 Å². The van der Waals surface area contributed by atoms with Gasteiger partial charge in [-0.1, -0.05) is 19.8 Å². The minimum absolute atomic E-state index is 0. The van der Waals surface area contributed by atoms with Gasteiger partial charge in [-0.2, -0.15) is 0 Å². The first-order valence-corrected chi connectivity index (χ1v) is 7.40. The second-order valence-corrected chi connectivity index (χ2v) is 4.74. The van der Waals surface area contributed by atoms with Crippen molar-refractivity contribution in [3.63, 3.8) is 0 Å². The zero-order chi connectivity index (χ0) is 15.5. The molecule has 0 unspecified atom stereocenters. The van der Waals surface area contributed by atoms with Gasteiger partial charge < -0.3 is 20.1 Å². The van der Waals surface area contributed by atoms with Crippen LogP contribution in [-0.4, -0.2) is 33.8 Å². The fourth-order valence-electron chi connectivity index (χ4n) is 1.98. The molecular weight excluding hydrogens is 393 g/mol. The van der Waals surface area contributed by atoms with Gasteiger partial charge in [-0.25, -0.2) is 0 Å². The molecule has 22 heavy (non-hydrogen) atoms. The van der Waals surface area contributed by atoms with E-state index in [-0.39, 0.29) is 24.0 Å². The third-order valence-corrected chi connectivity index (χ3v) is 3.24. The number of hydrogen-bond donors (Lipinski definition) is 2. The molecule has 0 atom stereocenters. The summed E-state index contributed by atoms with van der Waals surface area (Å²) in [6.07, 6.45) is 3.61. The number of aliphatic imine (C=N–C) groups is 1. The Balaban J connectivity index is 0.00000441. The molecule has 0 spiro atoms. The number of benzene rings is 1. The summed E-state index contributed by atoms with van der Waals surface area (Å²) in [4.78, 5) is 4.22. The van der Waals surface area contributed by atoms with Gasteiger partial charge in [0.05, 0.1) is 14.2 Å². The summed E-state index contributed by atoms with van der Waals surface area (Å²) >= 11 is 0. The zero-order valence-corrected chi connectivity index (χ0v) is 16.3. The standard InChI is InChI=1S/C16H27N3O2.HI/c1-5-6-7-10-18-16(17-2)19-12-13-8-9-14(20-3)11-15(13)21-4;/h8-9,11H,5-7,10,12H2,1-4H3,(H2,17,18,19);1H. The second kappa shape index (κ2) is 12.4. The molecule has 126 valence electrons. The third-order valence-electron chi connectivity index (χ3n) is 3.24. The van der Waals surface area contributed by atoms with Crippen LogP contribution in [0, 0.1) is 0 Å². The van der Waals surface area contributed by atoms with Crippen molar-refractivity contribution < 1.29 is 9.47 Å². The lowest BCUT2D eigenvalue weighted by Crippen LogP contribution is -2.37. The van der Waals surface area contributed by atoms with Crippen molar-refractivity contribution >= 4 is 29.9 Å². The number of hydrogen-bond acceptors (Lipinski definition) is 3. The number of unbranched alkanes of at least 4 members (excludes halogenated alkanes) is 2. The summed E-state index contributed by atoms with van der Waals surface area (Å²) in [6.45, 7) is 3.79. The van der Waals surface area contributed by atoms with E-state index in [1.54, 1.807) is 21.3 Å². The van der Waals surface area contributed by atoms with E-state index in [1.165, 1.54) is 12.8 Å². The SMILES string of the molecule is CCCCCNC(=NC)NCc1ccc(OC)cc1OC.I. The predicted molar refractivity (Wildman–Crippen MR) is 103 cm³/mol. The van der Waals surface area contributed by atoms with Gasteiger partial charge in [0, 0.05) is 31.8 Å². The Hall–Kier alpha value is -1.18. The summed E-state index contributed by atoms with van der Waals surface area (Å²) in [7, 11) is 5.09. The maximum absolute atomic E-state index is 5.39. The quantitative estimate of drug-likeness (QED) is 0.293. The third kappa shape index (κ3) is 7.20. The molecule has 0 aromatic heterocycles. The zero-order valence-electron chi connectivity index (χ0n) is 13.9. The van der Waals surface area contributed by atoms with Crippen LogP contribution in [0.2, 0.25) is 0 Å². The molecule has 0 heterocycles. The highest BCUT2D eigenvalue weighted by molar-refractivity contribution is 14.0. The molecule has 0 aliphatic heterocycles. The van der Waals surface area contributed by atoms with Crippen LogP contribution < -0.4 is 20.1 Å². The number of ether oxygens (including phenoxy) is 2. The van der Waals surface area contributed by atoms with Gasteiger partial charge in [0.1, 0.15) is 11.5 Å². The van der Waals surface area contributed by atoms with Gasteiger partial charge in [0.25, 0.3) is 0 Å². The molecule has 5 nitrogen and oxygen atoms in total. The van der Waals surface area contributed by atoms with Crippen LogP contribution in [0.1, 0.15) is 31.7 Å². The summed E-state index contributed by atoms with van der Waals surface area (Å²) in [5, 5.41) is 6.60. The lowest BCUT2D eigenvalue weighted by atomic mass is 10.2. The maximum Gasteiger partial charge on any atom is 0.191 e. The summed E-state index contributed by atoms with van der Waals surface area (Å²) in [6, 6.07) is 5.81. The van der Waals surface area contributed by atoms with E-state index < -0.39 is 0 Å². The highest BCUT2D eigenvalue weighted by Gasteiger charge is 2.06. The lowest BCUT2D eigenvalue weighted by molar-refractivity contribution is 0.390. The van der Waals surface area contributed by atoms with Gasteiger partial charge >= 0.3 is 0 Å². The van der Waals surface area contributed by atoms with E-state index in [0.717, 1.165) is 36.0 Å². The Morgan fingerprint density at radius 1 is 1.14 bits per heavy atom. The van der Waals surface area contributed by atoms with E-state index in [9.17, 15) is 0 Å². The van der Waals surface area contributed by atoms with Crippen LogP contribution in [0.4, 0.5) is 0 Å². The highest BCUT2D eigenvalue weighted by atomic mass is 127. The molecule has 0 radical (unpaired) electrons. The van der Waals surface area contributed by atoms with Crippen LogP contribution in [-0.2, 0) is 6.54 Å². The summed E-state index contributed by atoms with van der Waals surface area (Å²) in [5.74, 6) is 2.41. The van der Waals surface area contributed by atoms with Crippen molar-refractivity contribution in [1.29, 1.82) is 0 Å². The van der Waals surface area contributed by atoms with Crippen LogP contribution in [0.5, 0.6) is 11.5 Å². The fourth-order valence-corrected chi connectivity index (χ4v) is 1.98. The highest BCUT2D eigenvalue weighted by Crippen LogP contribution is 2.24. The van der Waals surface area contributed by atoms with Gasteiger partial charge in [-0.15, -0.1) is 24.0 Å². The first kappa shape index (κ1) is 20.8. The minimum Gasteiger partial charge on any atom is -0.497 e. The Morgan fingerprint density at radius 3 is 2.50 bits per heavy atom. The molecule has 6 heteroatoms. The molecule has 0 saturated carbocycles. The first-order chi connectivity index (χ1) is 10.2. The second-order valence-electron chi connectivity index (χ2n) is 4.74. The molecule has 1 rings (SSSR count). The van der Waals surface area contributed by atoms with Crippen molar-refractivity contribution in [2.24, 2.45) is 4.99 Å². The Morgan fingerprint density at radius 2 is 1.91 bits per heavy atom. The van der Waals surface area contributed by atoms with E-state index in [0.29, 0.717) is 6.54 Å². The number of rotatable bonds is 8. The Kier molecular flexibility index (Phi) is 11.7. The van der Waals surface area contributed by atoms with Crippen molar-refractivity contribution in [2.45, 2.75) is 32.7 Å². The van der Waals surface area contributed by atoms with Gasteiger partial charge in [-0.3, -0.25) is 4.99 Å². The van der Waals surface area contributed by atoms with E-state index in [2.05, 4.69) is 22.5 Å². The molecule has 2 N–H and O–H groups in total. The molecule has 1 aromatic carbocycles. The van der Waals surface area contributed by atoms with Crippen LogP contribution >= 0.6 is 24.0 Å². The first-order valence-electron chi connectivity index (χ1n) is 7.40. The molecule has 0 saturated heterocycles. The van der Waals surface area contributed by atoms with Gasteiger partial charge in [-0.05, 0) is 18.6 Å². The largest absolute Gasteiger partial charge is 0.497 e. The molecular formula is C16H28IN3O2. The molecule has 0 fully saturated rings. The number of nitrogens with one attached hydrogen (secondary N) is 2. The van der Waals surface area contributed by atoms with Gasteiger partial charge in [0.2, 0.25) is 0 Å². The number of guanidine groups is 1. The molecule has 0 aliphatic carbocycles. The number of halogens is 1. The van der Waals surface area contributed by atoms with E-state index >= 15 is 0 Å². The number of methoxy groups -OCH3 is 2. The summed E-state index contributed by atoms with van der Waals surface area (Å²) < 4.78 is 10.6. The molecule has 0 bridgehead atoms. The van der Waals surface area contributed by atoms with E-state index in [1.807, 2.05) is 18.2 Å². The monoisotopic (exact) mass is 421 g/mol.